The van der Waals surface area contributed by atoms with Crippen molar-refractivity contribution in [1.82, 2.24) is 24.4 Å². The molecule has 0 bridgehead atoms. The van der Waals surface area contributed by atoms with Gasteiger partial charge in [0.2, 0.25) is 18.0 Å². The Balaban J connectivity index is 1.39. The summed E-state index contributed by atoms with van der Waals surface area (Å²) < 4.78 is 38.4. The molecule has 17 nitrogen and oxygen atoms in total. The van der Waals surface area contributed by atoms with E-state index in [1.165, 1.54) is 17.9 Å². The van der Waals surface area contributed by atoms with Crippen LogP contribution in [0.25, 0.3) is 11.2 Å². The highest BCUT2D eigenvalue weighted by Gasteiger charge is 2.45. The minimum absolute atomic E-state index is 0.0108. The Bertz CT molecular complexity index is 1260. The van der Waals surface area contributed by atoms with Crippen LogP contribution in [0.1, 0.15) is 19.6 Å². The number of nitrogens with zero attached hydrogens (tertiary/aromatic N) is 5. The summed E-state index contributed by atoms with van der Waals surface area (Å²) in [6, 6.07) is 0.0108. The third-order valence-corrected chi connectivity index (χ3v) is 7.53. The Labute approximate surface area is 232 Å². The van der Waals surface area contributed by atoms with Gasteiger partial charge in [0.1, 0.15) is 24.5 Å². The Morgan fingerprint density at radius 1 is 1.30 bits per heavy atom. The molecule has 2 aromatic rings. The van der Waals surface area contributed by atoms with Gasteiger partial charge in [-0.05, 0) is 24.9 Å². The zero-order valence-electron chi connectivity index (χ0n) is 21.6. The molecule has 0 aliphatic carbocycles. The monoisotopic (exact) mass is 608 g/mol. The first-order valence-corrected chi connectivity index (χ1v) is 14.4. The molecular weight excluding hydrogens is 579 g/mol. The summed E-state index contributed by atoms with van der Waals surface area (Å²) in [6.07, 6.45) is -4.99. The molecule has 0 spiro atoms. The Morgan fingerprint density at radius 2 is 2.08 bits per heavy atom. The predicted octanol–water partition coefficient (Wildman–Crippen LogP) is 0.0907. The molecule has 1 amide bonds. The van der Waals surface area contributed by atoms with E-state index in [0.29, 0.717) is 24.5 Å². The Hall–Kier alpha value is -2.63. The fraction of sp³-hybridized carbons (Fsp3) is 0.667. The molecule has 0 aromatic carbocycles. The number of halogens is 1. The van der Waals surface area contributed by atoms with Crippen LogP contribution in [0.2, 0.25) is 5.28 Å². The normalized spacial score (nSPS) is 26.0. The number of rotatable bonds is 11. The minimum atomic E-state index is -4.48. The van der Waals surface area contributed by atoms with Crippen molar-refractivity contribution in [3.05, 3.63) is 11.6 Å². The number of aliphatic hydroxyl groups excluding tert-OH is 2. The number of ether oxygens (including phenoxy) is 4. The quantitative estimate of drug-likeness (QED) is 0.115. The summed E-state index contributed by atoms with van der Waals surface area (Å²) >= 11 is 6.14. The molecule has 2 aliphatic rings. The van der Waals surface area contributed by atoms with Crippen molar-refractivity contribution in [1.29, 1.82) is 0 Å². The summed E-state index contributed by atoms with van der Waals surface area (Å²) in [5.74, 6) is -0.447. The van der Waals surface area contributed by atoms with Crippen LogP contribution in [0.3, 0.4) is 0 Å². The first-order chi connectivity index (χ1) is 19.0. The fourth-order valence-corrected chi connectivity index (χ4v) is 5.21. The third-order valence-electron chi connectivity index (χ3n) is 6.18. The van der Waals surface area contributed by atoms with Crippen molar-refractivity contribution >= 4 is 48.2 Å². The second-order valence-electron chi connectivity index (χ2n) is 9.06. The molecule has 0 radical (unpaired) electrons. The molecule has 0 saturated carbocycles. The van der Waals surface area contributed by atoms with Crippen LogP contribution in [0.4, 0.5) is 10.6 Å². The van der Waals surface area contributed by atoms with Crippen LogP contribution in [0.5, 0.6) is 0 Å². The number of hydrogen-bond acceptors (Lipinski definition) is 14. The van der Waals surface area contributed by atoms with Gasteiger partial charge in [0.25, 0.3) is 0 Å². The van der Waals surface area contributed by atoms with Gasteiger partial charge in [0, 0.05) is 20.2 Å². The van der Waals surface area contributed by atoms with Gasteiger partial charge in [-0.2, -0.15) is 9.97 Å². The molecule has 4 heterocycles. The molecule has 2 fully saturated rings. The molecule has 40 heavy (non-hydrogen) atoms. The van der Waals surface area contributed by atoms with Crippen molar-refractivity contribution in [3.8, 4) is 0 Å². The van der Waals surface area contributed by atoms with E-state index >= 15 is 0 Å². The van der Waals surface area contributed by atoms with E-state index < -0.39 is 57.2 Å². The first kappa shape index (κ1) is 30.3. The number of hydrogen-bond donors (Lipinski definition) is 4. The van der Waals surface area contributed by atoms with E-state index in [-0.39, 0.29) is 30.1 Å². The lowest BCUT2D eigenvalue weighted by Gasteiger charge is -2.23. The average Bonchev–Trinajstić information content (AvgIpc) is 3.60. The van der Waals surface area contributed by atoms with Crippen LogP contribution in [-0.4, -0.2) is 122 Å². The van der Waals surface area contributed by atoms with E-state index in [2.05, 4.69) is 34.3 Å². The Morgan fingerprint density at radius 3 is 2.77 bits per heavy atom. The summed E-state index contributed by atoms with van der Waals surface area (Å²) in [4.78, 5) is 47.4. The van der Waals surface area contributed by atoms with E-state index in [1.54, 1.807) is 6.92 Å². The summed E-state index contributed by atoms with van der Waals surface area (Å²) in [7, 11) is -3.16. The molecular formula is C21H30ClN6O11P. The van der Waals surface area contributed by atoms with Crippen molar-refractivity contribution in [2.75, 3.05) is 51.7 Å². The first-order valence-electron chi connectivity index (χ1n) is 12.2. The smallest absolute Gasteiger partial charge is 0.435 e. The number of imidazole rings is 1. The molecule has 2 aromatic heterocycles. The van der Waals surface area contributed by atoms with Crippen molar-refractivity contribution < 1.29 is 52.7 Å². The highest BCUT2D eigenvalue weighted by Crippen LogP contribution is 2.42. The van der Waals surface area contributed by atoms with Crippen molar-refractivity contribution in [3.63, 3.8) is 0 Å². The molecule has 19 heteroatoms. The number of fused-ring (bicyclic) bond motifs is 1. The lowest BCUT2D eigenvalue weighted by molar-refractivity contribution is -0.130. The van der Waals surface area contributed by atoms with E-state index in [1.807, 2.05) is 0 Å². The zero-order valence-corrected chi connectivity index (χ0v) is 23.2. The van der Waals surface area contributed by atoms with Crippen molar-refractivity contribution in [2.24, 2.45) is 0 Å². The number of nitrogens with one attached hydrogen (secondary N) is 1. The third kappa shape index (κ3) is 7.16. The number of carbonyl (C=O) groups is 2. The summed E-state index contributed by atoms with van der Waals surface area (Å²) in [6.45, 7) is 1.55. The zero-order chi connectivity index (χ0) is 29.0. The van der Waals surface area contributed by atoms with Crippen LogP contribution >= 0.6 is 19.2 Å². The second kappa shape index (κ2) is 12.9. The summed E-state index contributed by atoms with van der Waals surface area (Å²) in [5.41, 5.74) is 0.606. The number of carbonyl (C=O) groups excluding carboxylic acids is 2. The maximum Gasteiger partial charge on any atom is 0.510 e. The second-order valence-corrected chi connectivity index (χ2v) is 11.2. The molecule has 222 valence electrons. The van der Waals surface area contributed by atoms with Gasteiger partial charge in [0.05, 0.1) is 25.6 Å². The summed E-state index contributed by atoms with van der Waals surface area (Å²) in [5, 5.41) is 24.6. The van der Waals surface area contributed by atoms with Crippen LogP contribution < -0.4 is 5.32 Å². The van der Waals surface area contributed by atoms with Gasteiger partial charge >= 0.3 is 13.8 Å². The average molecular weight is 609 g/mol. The standard InChI is InChI=1S/C21H30ClN6O11P/c1-3-36-21(32)37-10-38-40(33,34)8-13(29)27(2)6-12-15(30)16(31)19(39-12)28-9-23-14-17(24-11-4-5-35-7-11)25-20(22)26-18(14)28/h9,11-12,15-16,19,30-31H,3-8,10H2,1-2H3,(H,33,34)(H,24,25,26)/t11-,12+,15+,16+,19+/m0/s1. The van der Waals surface area contributed by atoms with Gasteiger partial charge in [0.15, 0.2) is 23.2 Å². The van der Waals surface area contributed by atoms with Gasteiger partial charge in [-0.3, -0.25) is 18.5 Å². The van der Waals surface area contributed by atoms with Gasteiger partial charge < -0.3 is 44.3 Å². The van der Waals surface area contributed by atoms with Crippen LogP contribution in [-0.2, 0) is 32.8 Å². The molecule has 6 atom stereocenters. The lowest BCUT2D eigenvalue weighted by Crippen LogP contribution is -2.41. The topological polar surface area (TPSA) is 217 Å². The maximum atomic E-state index is 12.6. The van der Waals surface area contributed by atoms with Gasteiger partial charge in [-0.25, -0.2) is 9.78 Å². The van der Waals surface area contributed by atoms with Crippen LogP contribution in [0.15, 0.2) is 6.33 Å². The largest absolute Gasteiger partial charge is 0.510 e. The van der Waals surface area contributed by atoms with E-state index in [0.717, 1.165) is 11.3 Å². The van der Waals surface area contributed by atoms with Gasteiger partial charge in [-0.1, -0.05) is 0 Å². The van der Waals surface area contributed by atoms with Crippen LogP contribution in [0, 0.1) is 0 Å². The molecule has 1 unspecified atom stereocenters. The fourth-order valence-electron chi connectivity index (χ4n) is 4.15. The predicted molar refractivity (Wildman–Crippen MR) is 135 cm³/mol. The molecule has 2 aliphatic heterocycles. The van der Waals surface area contributed by atoms with Crippen molar-refractivity contribution in [2.45, 2.75) is 43.9 Å². The number of amides is 1. The number of aliphatic hydroxyl groups is 2. The SMILES string of the molecule is CCOC(=O)OCOP(=O)(O)CC(=O)N(C)C[C@H]1O[C@@H](n2cnc3c(N[C@H]4CCOC4)nc(Cl)nc32)[C@H](O)[C@@H]1O. The lowest BCUT2D eigenvalue weighted by atomic mass is 10.1. The van der Waals surface area contributed by atoms with E-state index in [4.69, 9.17) is 21.1 Å². The minimum Gasteiger partial charge on any atom is -0.435 e. The number of aromatic nitrogens is 4. The molecule has 2 saturated heterocycles. The maximum absolute atomic E-state index is 12.6. The highest BCUT2D eigenvalue weighted by atomic mass is 35.5. The molecule has 4 rings (SSSR count). The number of anilines is 1. The Kier molecular flexibility index (Phi) is 9.79. The number of likely N-dealkylation sites (N-methyl/N-ethyl adjacent to an activating group) is 1. The van der Waals surface area contributed by atoms with E-state index in [9.17, 15) is 29.3 Å². The molecule has 4 N–H and O–H groups in total. The highest BCUT2D eigenvalue weighted by molar-refractivity contribution is 7.53. The van der Waals surface area contributed by atoms with Gasteiger partial charge in [-0.15, -0.1) is 0 Å².